The van der Waals surface area contributed by atoms with Crippen LogP contribution in [0.1, 0.15) is 29.2 Å². The number of hydrogen-bond acceptors (Lipinski definition) is 3. The average molecular weight is 366 g/mol. The third-order valence-corrected chi connectivity index (χ3v) is 5.80. The van der Waals surface area contributed by atoms with E-state index in [0.29, 0.717) is 0 Å². The lowest BCUT2D eigenvalue weighted by Gasteiger charge is -2.39. The lowest BCUT2D eigenvalue weighted by atomic mass is 10.1. The predicted octanol–water partition coefficient (Wildman–Crippen LogP) is 4.07. The Labute approximate surface area is 163 Å². The number of rotatable bonds is 4. The van der Waals surface area contributed by atoms with Crippen LogP contribution in [0.5, 0.6) is 0 Å². The Balaban J connectivity index is 1.60. The van der Waals surface area contributed by atoms with E-state index in [-0.39, 0.29) is 11.9 Å². The fourth-order valence-electron chi connectivity index (χ4n) is 3.79. The fraction of sp³-hybridized carbons (Fsp3) is 0.435. The molecule has 2 aromatic rings. The number of nitrogens with one attached hydrogen (secondary N) is 1. The minimum Gasteiger partial charge on any atom is -0.369 e. The molecule has 1 atom stereocenters. The quantitative estimate of drug-likeness (QED) is 0.887. The van der Waals surface area contributed by atoms with Crippen molar-refractivity contribution in [2.75, 3.05) is 36.4 Å². The summed E-state index contributed by atoms with van der Waals surface area (Å²) in [6.45, 7) is 14.2. The molecule has 0 unspecified atom stereocenters. The highest BCUT2D eigenvalue weighted by Crippen LogP contribution is 2.24. The maximum absolute atomic E-state index is 12.7. The van der Waals surface area contributed by atoms with Crippen molar-refractivity contribution in [1.29, 1.82) is 0 Å². The molecular formula is C23H31N3O. The van der Waals surface area contributed by atoms with Gasteiger partial charge in [-0.15, -0.1) is 0 Å². The summed E-state index contributed by atoms with van der Waals surface area (Å²) in [4.78, 5) is 17.4. The summed E-state index contributed by atoms with van der Waals surface area (Å²) >= 11 is 0. The van der Waals surface area contributed by atoms with E-state index in [4.69, 9.17) is 0 Å². The number of hydrogen-bond donors (Lipinski definition) is 1. The molecule has 144 valence electrons. The number of anilines is 2. The summed E-state index contributed by atoms with van der Waals surface area (Å²) in [5.41, 5.74) is 7.23. The summed E-state index contributed by atoms with van der Waals surface area (Å²) < 4.78 is 0. The lowest BCUT2D eigenvalue weighted by molar-refractivity contribution is -0.120. The van der Waals surface area contributed by atoms with Crippen molar-refractivity contribution in [3.05, 3.63) is 58.7 Å². The molecule has 1 aliphatic heterocycles. The molecule has 3 rings (SSSR count). The topological polar surface area (TPSA) is 35.6 Å². The molecule has 1 heterocycles. The van der Waals surface area contributed by atoms with E-state index in [2.05, 4.69) is 60.2 Å². The van der Waals surface area contributed by atoms with Gasteiger partial charge in [0.05, 0.1) is 6.04 Å². The zero-order valence-corrected chi connectivity index (χ0v) is 17.2. The summed E-state index contributed by atoms with van der Waals surface area (Å²) in [5, 5.41) is 3.10. The van der Waals surface area contributed by atoms with E-state index >= 15 is 0 Å². The fourth-order valence-corrected chi connectivity index (χ4v) is 3.79. The first-order chi connectivity index (χ1) is 12.9. The summed E-state index contributed by atoms with van der Waals surface area (Å²) in [6, 6.07) is 12.5. The van der Waals surface area contributed by atoms with E-state index in [1.54, 1.807) is 0 Å². The zero-order chi connectivity index (χ0) is 19.6. The molecule has 0 radical (unpaired) electrons. The third kappa shape index (κ3) is 4.33. The Morgan fingerprint density at radius 2 is 1.67 bits per heavy atom. The largest absolute Gasteiger partial charge is 0.369 e. The minimum absolute atomic E-state index is 0.0714. The highest BCUT2D eigenvalue weighted by Gasteiger charge is 2.26. The van der Waals surface area contributed by atoms with Crippen LogP contribution in [0.4, 0.5) is 11.4 Å². The summed E-state index contributed by atoms with van der Waals surface area (Å²) in [6.07, 6.45) is 0. The van der Waals surface area contributed by atoms with Crippen LogP contribution in [0.3, 0.4) is 0 Å². The van der Waals surface area contributed by atoms with Crippen molar-refractivity contribution >= 4 is 17.3 Å². The molecule has 1 aliphatic rings. The van der Waals surface area contributed by atoms with E-state index in [1.165, 1.54) is 22.4 Å². The van der Waals surface area contributed by atoms with Crippen molar-refractivity contribution in [1.82, 2.24) is 4.90 Å². The minimum atomic E-state index is -0.133. The number of amides is 1. The van der Waals surface area contributed by atoms with E-state index in [1.807, 2.05) is 26.0 Å². The Kier molecular flexibility index (Phi) is 5.85. The van der Waals surface area contributed by atoms with Gasteiger partial charge in [-0.2, -0.15) is 0 Å². The van der Waals surface area contributed by atoms with Gasteiger partial charge in [-0.05, 0) is 63.4 Å². The van der Waals surface area contributed by atoms with Crippen molar-refractivity contribution in [3.63, 3.8) is 0 Å². The average Bonchev–Trinajstić information content (AvgIpc) is 2.66. The second-order valence-corrected chi connectivity index (χ2v) is 7.73. The first-order valence-corrected chi connectivity index (χ1v) is 9.80. The smallest absolute Gasteiger partial charge is 0.241 e. The normalized spacial score (nSPS) is 16.3. The molecule has 0 aliphatic carbocycles. The molecular weight excluding hydrogens is 334 g/mol. The molecule has 4 heteroatoms. The Hall–Kier alpha value is -2.33. The van der Waals surface area contributed by atoms with Gasteiger partial charge in [-0.3, -0.25) is 9.69 Å². The van der Waals surface area contributed by atoms with E-state index in [0.717, 1.165) is 37.4 Å². The van der Waals surface area contributed by atoms with Crippen molar-refractivity contribution in [2.24, 2.45) is 0 Å². The number of nitrogens with zero attached hydrogens (tertiary/aromatic N) is 2. The molecule has 1 fully saturated rings. The first-order valence-electron chi connectivity index (χ1n) is 9.80. The number of benzene rings is 2. The van der Waals surface area contributed by atoms with Crippen LogP contribution in [0.2, 0.25) is 0 Å². The number of aryl methyl sites for hydroxylation is 3. The van der Waals surface area contributed by atoms with Gasteiger partial charge >= 0.3 is 0 Å². The van der Waals surface area contributed by atoms with Crippen molar-refractivity contribution in [2.45, 2.75) is 40.7 Å². The van der Waals surface area contributed by atoms with Gasteiger partial charge in [0, 0.05) is 37.6 Å². The molecule has 0 bridgehead atoms. The standard InChI is InChI=1S/C23H31N3O/c1-16-9-10-21(18(3)15-16)24-23(27)20(5)25-11-13-26(14-12-25)22-8-6-7-17(2)19(22)4/h6-10,15,20H,11-14H2,1-5H3,(H,24,27)/t20-/m1/s1. The highest BCUT2D eigenvalue weighted by atomic mass is 16.2. The second-order valence-electron chi connectivity index (χ2n) is 7.73. The number of carbonyl (C=O) groups excluding carboxylic acids is 1. The Bertz CT molecular complexity index is 822. The van der Waals surface area contributed by atoms with Gasteiger partial charge in [0.2, 0.25) is 5.91 Å². The first kappa shape index (κ1) is 19.4. The molecule has 0 saturated carbocycles. The van der Waals surface area contributed by atoms with Crippen molar-refractivity contribution < 1.29 is 4.79 Å². The van der Waals surface area contributed by atoms with Crippen LogP contribution in [0, 0.1) is 27.7 Å². The van der Waals surface area contributed by atoms with Gasteiger partial charge in [0.25, 0.3) is 0 Å². The molecule has 0 spiro atoms. The van der Waals surface area contributed by atoms with Gasteiger partial charge in [0.1, 0.15) is 0 Å². The van der Waals surface area contributed by atoms with Gasteiger partial charge in [0.15, 0.2) is 0 Å². The predicted molar refractivity (Wildman–Crippen MR) is 114 cm³/mol. The van der Waals surface area contributed by atoms with Gasteiger partial charge < -0.3 is 10.2 Å². The van der Waals surface area contributed by atoms with Crippen LogP contribution in [-0.2, 0) is 4.79 Å². The van der Waals surface area contributed by atoms with Crippen LogP contribution in [0.25, 0.3) is 0 Å². The maximum atomic E-state index is 12.7. The number of piperazine rings is 1. The lowest BCUT2D eigenvalue weighted by Crippen LogP contribution is -2.53. The van der Waals surface area contributed by atoms with E-state index < -0.39 is 0 Å². The van der Waals surface area contributed by atoms with Crippen LogP contribution in [0.15, 0.2) is 36.4 Å². The molecule has 1 N–H and O–H groups in total. The van der Waals surface area contributed by atoms with Crippen LogP contribution < -0.4 is 10.2 Å². The SMILES string of the molecule is Cc1ccc(NC(=O)[C@@H](C)N2CCN(c3cccc(C)c3C)CC2)c(C)c1. The van der Waals surface area contributed by atoms with Crippen molar-refractivity contribution in [3.8, 4) is 0 Å². The zero-order valence-electron chi connectivity index (χ0n) is 17.2. The molecule has 2 aromatic carbocycles. The van der Waals surface area contributed by atoms with E-state index in [9.17, 15) is 4.79 Å². The van der Waals surface area contributed by atoms with Crippen LogP contribution in [-0.4, -0.2) is 43.0 Å². The third-order valence-electron chi connectivity index (χ3n) is 5.80. The number of carbonyl (C=O) groups is 1. The molecule has 1 saturated heterocycles. The molecule has 27 heavy (non-hydrogen) atoms. The van der Waals surface area contributed by atoms with Gasteiger partial charge in [-0.25, -0.2) is 0 Å². The molecule has 1 amide bonds. The monoisotopic (exact) mass is 365 g/mol. The maximum Gasteiger partial charge on any atom is 0.241 e. The van der Waals surface area contributed by atoms with Gasteiger partial charge in [-0.1, -0.05) is 29.8 Å². The second kappa shape index (κ2) is 8.13. The van der Waals surface area contributed by atoms with Crippen LogP contribution >= 0.6 is 0 Å². The Morgan fingerprint density at radius 1 is 0.963 bits per heavy atom. The summed E-state index contributed by atoms with van der Waals surface area (Å²) in [5.74, 6) is 0.0714. The molecule has 0 aromatic heterocycles. The Morgan fingerprint density at radius 3 is 2.33 bits per heavy atom. The molecule has 4 nitrogen and oxygen atoms in total. The summed E-state index contributed by atoms with van der Waals surface area (Å²) in [7, 11) is 0. The highest BCUT2D eigenvalue weighted by molar-refractivity contribution is 5.95.